The van der Waals surface area contributed by atoms with Crippen LogP contribution in [0.5, 0.6) is 5.75 Å². The van der Waals surface area contributed by atoms with Gasteiger partial charge in [-0.1, -0.05) is 13.0 Å². The van der Waals surface area contributed by atoms with Crippen molar-refractivity contribution in [1.82, 2.24) is 4.57 Å². The number of aliphatic carboxylic acids is 1. The second-order valence-electron chi connectivity index (χ2n) is 7.60. The van der Waals surface area contributed by atoms with Crippen molar-refractivity contribution in [2.45, 2.75) is 33.1 Å². The highest BCUT2D eigenvalue weighted by Gasteiger charge is 2.36. The van der Waals surface area contributed by atoms with Crippen LogP contribution < -0.4 is 4.74 Å². The van der Waals surface area contributed by atoms with Crippen LogP contribution >= 0.6 is 0 Å². The predicted octanol–water partition coefficient (Wildman–Crippen LogP) is 6.06. The van der Waals surface area contributed by atoms with Crippen LogP contribution in [0.1, 0.15) is 29.3 Å². The number of hydrogen-bond acceptors (Lipinski definition) is 2. The van der Waals surface area contributed by atoms with Gasteiger partial charge in [-0.05, 0) is 54.8 Å². The molecule has 176 valence electrons. The second-order valence-corrected chi connectivity index (χ2v) is 7.60. The van der Waals surface area contributed by atoms with Crippen LogP contribution in [0.3, 0.4) is 0 Å². The van der Waals surface area contributed by atoms with Crippen molar-refractivity contribution in [2.24, 2.45) is 5.92 Å². The van der Waals surface area contributed by atoms with Gasteiger partial charge in [0.15, 0.2) is 17.4 Å². The lowest BCUT2D eigenvalue weighted by Gasteiger charge is -2.16. The molecule has 0 aliphatic carbocycles. The summed E-state index contributed by atoms with van der Waals surface area (Å²) in [6, 6.07) is 6.34. The summed E-state index contributed by atoms with van der Waals surface area (Å²) in [7, 11) is 0. The molecule has 33 heavy (non-hydrogen) atoms. The van der Waals surface area contributed by atoms with Crippen molar-refractivity contribution >= 4 is 5.97 Å². The lowest BCUT2D eigenvalue weighted by atomic mass is 10.0. The summed E-state index contributed by atoms with van der Waals surface area (Å²) < 4.78 is 89.5. The molecule has 1 heterocycles. The Balaban J connectivity index is 1.94. The van der Waals surface area contributed by atoms with Crippen LogP contribution in [0.15, 0.2) is 42.6 Å². The van der Waals surface area contributed by atoms with E-state index >= 15 is 0 Å². The molecule has 2 aromatic carbocycles. The molecule has 1 unspecified atom stereocenters. The van der Waals surface area contributed by atoms with Crippen LogP contribution in [0, 0.1) is 30.3 Å². The summed E-state index contributed by atoms with van der Waals surface area (Å²) in [5, 5.41) is 8.94. The number of carboxylic acid groups (broad SMARTS) is 1. The van der Waals surface area contributed by atoms with Gasteiger partial charge in [-0.25, -0.2) is 13.2 Å². The predicted molar refractivity (Wildman–Crippen MR) is 107 cm³/mol. The molecule has 0 radical (unpaired) electrons. The van der Waals surface area contributed by atoms with E-state index in [2.05, 4.69) is 0 Å². The van der Waals surface area contributed by atoms with Crippen molar-refractivity contribution in [2.75, 3.05) is 0 Å². The largest absolute Gasteiger partial charge is 0.481 e. The minimum Gasteiger partial charge on any atom is -0.481 e. The second kappa shape index (κ2) is 9.21. The van der Waals surface area contributed by atoms with Gasteiger partial charge in [-0.15, -0.1) is 0 Å². The molecule has 0 saturated heterocycles. The molecular formula is C23H19F6NO3. The number of carboxylic acids is 1. The Morgan fingerprint density at radius 2 is 1.70 bits per heavy atom. The fourth-order valence-corrected chi connectivity index (χ4v) is 3.29. The molecule has 0 aliphatic rings. The van der Waals surface area contributed by atoms with Gasteiger partial charge in [0.25, 0.3) is 0 Å². The molecule has 0 saturated carbocycles. The molecule has 1 atom stereocenters. The van der Waals surface area contributed by atoms with E-state index < -0.39 is 59.1 Å². The van der Waals surface area contributed by atoms with Crippen molar-refractivity contribution in [3.05, 3.63) is 82.4 Å². The van der Waals surface area contributed by atoms with Gasteiger partial charge < -0.3 is 14.4 Å². The molecule has 0 amide bonds. The smallest absolute Gasteiger partial charge is 0.418 e. The van der Waals surface area contributed by atoms with Gasteiger partial charge in [0.2, 0.25) is 0 Å². The quantitative estimate of drug-likeness (QED) is 0.426. The fourth-order valence-electron chi connectivity index (χ4n) is 3.29. The summed E-state index contributed by atoms with van der Waals surface area (Å²) in [5.41, 5.74) is -1.15. The van der Waals surface area contributed by atoms with Crippen LogP contribution in [-0.4, -0.2) is 15.6 Å². The number of ether oxygens (including phenoxy) is 1. The first-order valence-electron chi connectivity index (χ1n) is 9.76. The lowest BCUT2D eigenvalue weighted by molar-refractivity contribution is -0.141. The average molecular weight is 471 g/mol. The highest BCUT2D eigenvalue weighted by Crippen LogP contribution is 2.35. The number of alkyl halides is 3. The van der Waals surface area contributed by atoms with Gasteiger partial charge in [0.1, 0.15) is 12.4 Å². The minimum atomic E-state index is -4.79. The number of halogens is 6. The van der Waals surface area contributed by atoms with Gasteiger partial charge in [-0.2, -0.15) is 13.2 Å². The molecule has 10 heteroatoms. The Morgan fingerprint density at radius 3 is 2.24 bits per heavy atom. The van der Waals surface area contributed by atoms with Gasteiger partial charge in [0.05, 0.1) is 17.2 Å². The molecule has 4 nitrogen and oxygen atoms in total. The number of nitrogens with zero attached hydrogens (tertiary/aromatic N) is 1. The Bertz CT molecular complexity index is 1160. The molecule has 1 N–H and O–H groups in total. The molecule has 1 aromatic heterocycles. The maximum Gasteiger partial charge on any atom is 0.418 e. The number of aromatic nitrogens is 1. The van der Waals surface area contributed by atoms with E-state index in [0.29, 0.717) is 5.56 Å². The highest BCUT2D eigenvalue weighted by atomic mass is 19.4. The Labute approximate surface area is 185 Å². The minimum absolute atomic E-state index is 0.0572. The van der Waals surface area contributed by atoms with Crippen LogP contribution in [-0.2, 0) is 24.0 Å². The molecule has 3 aromatic rings. The summed E-state index contributed by atoms with van der Waals surface area (Å²) in [6.45, 7) is 1.99. The van der Waals surface area contributed by atoms with E-state index in [-0.39, 0.29) is 17.7 Å². The van der Waals surface area contributed by atoms with Crippen molar-refractivity contribution in [3.8, 4) is 11.4 Å². The summed E-state index contributed by atoms with van der Waals surface area (Å²) >= 11 is 0. The summed E-state index contributed by atoms with van der Waals surface area (Å²) in [4.78, 5) is 10.9. The number of benzene rings is 2. The normalized spacial score (nSPS) is 12.6. The number of hydrogen-bond donors (Lipinski definition) is 1. The zero-order chi connectivity index (χ0) is 24.5. The molecule has 0 bridgehead atoms. The molecular weight excluding hydrogens is 452 g/mol. The Hall–Kier alpha value is -3.43. The molecule has 0 fully saturated rings. The molecule has 0 spiro atoms. The van der Waals surface area contributed by atoms with E-state index in [1.54, 1.807) is 0 Å². The third kappa shape index (κ3) is 5.32. The van der Waals surface area contributed by atoms with E-state index in [0.717, 1.165) is 35.0 Å². The molecule has 3 rings (SSSR count). The third-order valence-electron chi connectivity index (χ3n) is 5.11. The number of carbonyl (C=O) groups is 1. The average Bonchev–Trinajstić information content (AvgIpc) is 3.13. The number of aryl methyl sites for hydroxylation is 1. The first-order chi connectivity index (χ1) is 15.4. The van der Waals surface area contributed by atoms with Crippen LogP contribution in [0.2, 0.25) is 0 Å². The van der Waals surface area contributed by atoms with Gasteiger partial charge >= 0.3 is 12.1 Å². The van der Waals surface area contributed by atoms with Crippen molar-refractivity contribution in [1.29, 1.82) is 0 Å². The zero-order valence-electron chi connectivity index (χ0n) is 17.5. The lowest BCUT2D eigenvalue weighted by Crippen LogP contribution is -2.14. The third-order valence-corrected chi connectivity index (χ3v) is 5.11. The van der Waals surface area contributed by atoms with Crippen LogP contribution in [0.25, 0.3) is 5.69 Å². The maximum atomic E-state index is 14.5. The topological polar surface area (TPSA) is 51.5 Å². The van der Waals surface area contributed by atoms with Gasteiger partial charge in [0, 0.05) is 11.9 Å². The monoisotopic (exact) mass is 471 g/mol. The Kier molecular flexibility index (Phi) is 6.76. The highest BCUT2D eigenvalue weighted by molar-refractivity contribution is 5.69. The number of rotatable bonds is 7. The Morgan fingerprint density at radius 1 is 1.06 bits per heavy atom. The molecule has 0 aliphatic heterocycles. The first-order valence-corrected chi connectivity index (χ1v) is 9.76. The van der Waals surface area contributed by atoms with E-state index in [1.165, 1.54) is 26.0 Å². The van der Waals surface area contributed by atoms with E-state index in [4.69, 9.17) is 9.84 Å². The maximum absolute atomic E-state index is 14.5. The van der Waals surface area contributed by atoms with E-state index in [1.807, 2.05) is 0 Å². The first kappa shape index (κ1) is 24.2. The SMILES string of the molecule is Cc1ccc(-n2ccc(C(F)(F)F)c2COc2c(F)cc(CC(C)C(=O)O)cc2F)cc1F. The standard InChI is InChI=1S/C23H19F6NO3/c1-12-3-4-15(10-17(12)24)30-6-5-16(23(27,28)29)20(30)11-33-21-18(25)8-14(9-19(21)26)7-13(2)22(31)32/h3-6,8-10,13H,7,11H2,1-2H3,(H,31,32). The van der Waals surface area contributed by atoms with Crippen molar-refractivity contribution in [3.63, 3.8) is 0 Å². The summed E-state index contributed by atoms with van der Waals surface area (Å²) in [5.74, 6) is -5.96. The fraction of sp³-hybridized carbons (Fsp3) is 0.261. The van der Waals surface area contributed by atoms with E-state index in [9.17, 15) is 31.1 Å². The van der Waals surface area contributed by atoms with Crippen molar-refractivity contribution < 1.29 is 41.0 Å². The van der Waals surface area contributed by atoms with Crippen LogP contribution in [0.4, 0.5) is 26.3 Å². The summed E-state index contributed by atoms with van der Waals surface area (Å²) in [6.07, 6.45) is -3.88. The zero-order valence-corrected chi connectivity index (χ0v) is 17.5. The van der Waals surface area contributed by atoms with Gasteiger partial charge in [-0.3, -0.25) is 4.79 Å².